The molecule has 0 aromatic heterocycles. The first-order valence-electron chi connectivity index (χ1n) is 10.4. The van der Waals surface area contributed by atoms with E-state index in [1.165, 1.54) is 40.7 Å². The highest BCUT2D eigenvalue weighted by Crippen LogP contribution is 2.32. The monoisotopic (exact) mass is 466 g/mol. The van der Waals surface area contributed by atoms with Crippen LogP contribution in [0, 0.1) is 0 Å². The lowest BCUT2D eigenvalue weighted by atomic mass is 10.2. The average Bonchev–Trinajstić information content (AvgIpc) is 3.17. The van der Waals surface area contributed by atoms with Crippen molar-refractivity contribution in [1.29, 1.82) is 0 Å². The smallest absolute Gasteiger partial charge is 0.262 e. The molecule has 1 N–H and O–H groups in total. The van der Waals surface area contributed by atoms with Gasteiger partial charge in [-0.2, -0.15) is 4.31 Å². The number of nitrogens with one attached hydrogen (secondary N) is 1. The number of rotatable bonds is 5. The Morgan fingerprint density at radius 3 is 2.00 bits per heavy atom. The zero-order valence-electron chi connectivity index (χ0n) is 17.1. The van der Waals surface area contributed by atoms with Gasteiger partial charge in [0.15, 0.2) is 11.5 Å². The Kier molecular flexibility index (Phi) is 6.40. The van der Waals surface area contributed by atoms with E-state index in [-0.39, 0.29) is 15.5 Å². The van der Waals surface area contributed by atoms with E-state index < -0.39 is 20.0 Å². The lowest BCUT2D eigenvalue weighted by molar-refractivity contribution is 0.297. The molecule has 1 fully saturated rings. The van der Waals surface area contributed by atoms with Gasteiger partial charge in [0.2, 0.25) is 10.0 Å². The zero-order chi connectivity index (χ0) is 21.9. The van der Waals surface area contributed by atoms with E-state index in [9.17, 15) is 16.8 Å². The number of nitrogens with zero attached hydrogens (tertiary/aromatic N) is 1. The van der Waals surface area contributed by atoms with E-state index in [0.717, 1.165) is 32.1 Å². The number of ether oxygens (including phenoxy) is 2. The molecule has 0 amide bonds. The summed E-state index contributed by atoms with van der Waals surface area (Å²) in [5.41, 5.74) is 0.280. The normalized spacial score (nSPS) is 18.1. The quantitative estimate of drug-likeness (QED) is 0.726. The molecule has 4 rings (SSSR count). The van der Waals surface area contributed by atoms with E-state index >= 15 is 0 Å². The van der Waals surface area contributed by atoms with Crippen molar-refractivity contribution in [3.8, 4) is 11.5 Å². The Bertz CT molecular complexity index is 1120. The molecule has 0 saturated carbocycles. The van der Waals surface area contributed by atoms with Crippen molar-refractivity contribution in [2.75, 3.05) is 31.0 Å². The van der Waals surface area contributed by atoms with Gasteiger partial charge in [-0.05, 0) is 49.2 Å². The standard InChI is InChI=1S/C21H26N2O6S2/c24-30(25,19-10-11-20-21(16-19)29-15-5-14-28-20)22-17-6-8-18(9-7-17)31(26,27)23-12-3-1-2-4-13-23/h6-11,16,22H,1-5,12-15H2. The maximum Gasteiger partial charge on any atom is 0.262 e. The van der Waals surface area contributed by atoms with Crippen LogP contribution < -0.4 is 14.2 Å². The topological polar surface area (TPSA) is 102 Å². The first-order chi connectivity index (χ1) is 14.9. The number of sulfonamides is 2. The summed E-state index contributed by atoms with van der Waals surface area (Å²) in [5, 5.41) is 0. The molecule has 2 aromatic carbocycles. The molecule has 31 heavy (non-hydrogen) atoms. The summed E-state index contributed by atoms with van der Waals surface area (Å²) in [6.45, 7) is 2.00. The van der Waals surface area contributed by atoms with E-state index in [0.29, 0.717) is 37.8 Å². The highest BCUT2D eigenvalue weighted by atomic mass is 32.2. The van der Waals surface area contributed by atoms with Crippen LogP contribution in [-0.4, -0.2) is 47.4 Å². The lowest BCUT2D eigenvalue weighted by Crippen LogP contribution is -2.31. The van der Waals surface area contributed by atoms with Gasteiger partial charge < -0.3 is 9.47 Å². The van der Waals surface area contributed by atoms with E-state index in [1.807, 2.05) is 0 Å². The molecular formula is C21H26N2O6S2. The van der Waals surface area contributed by atoms with E-state index in [1.54, 1.807) is 6.07 Å². The van der Waals surface area contributed by atoms with Crippen LogP contribution in [0.15, 0.2) is 52.3 Å². The summed E-state index contributed by atoms with van der Waals surface area (Å²) in [5.74, 6) is 0.902. The molecular weight excluding hydrogens is 440 g/mol. The maximum absolute atomic E-state index is 12.9. The Morgan fingerprint density at radius 2 is 1.32 bits per heavy atom. The summed E-state index contributed by atoms with van der Waals surface area (Å²) in [6, 6.07) is 10.3. The molecule has 1 saturated heterocycles. The number of benzene rings is 2. The van der Waals surface area contributed by atoms with Crippen molar-refractivity contribution in [3.05, 3.63) is 42.5 Å². The van der Waals surface area contributed by atoms with Crippen molar-refractivity contribution in [3.63, 3.8) is 0 Å². The first kappa shape index (κ1) is 21.9. The molecule has 0 spiro atoms. The molecule has 0 atom stereocenters. The minimum absolute atomic E-state index is 0.0398. The number of fused-ring (bicyclic) bond motifs is 1. The van der Waals surface area contributed by atoms with Gasteiger partial charge in [-0.1, -0.05) is 12.8 Å². The van der Waals surface area contributed by atoms with Crippen molar-refractivity contribution in [2.45, 2.75) is 41.9 Å². The molecule has 0 bridgehead atoms. The van der Waals surface area contributed by atoms with Gasteiger partial charge in [-0.3, -0.25) is 4.72 Å². The third-order valence-corrected chi connectivity index (χ3v) is 8.63. The van der Waals surface area contributed by atoms with Gasteiger partial charge in [-0.25, -0.2) is 16.8 Å². The minimum Gasteiger partial charge on any atom is -0.490 e. The van der Waals surface area contributed by atoms with Crippen LogP contribution in [0.2, 0.25) is 0 Å². The number of hydrogen-bond donors (Lipinski definition) is 1. The Morgan fingerprint density at radius 1 is 0.710 bits per heavy atom. The Balaban J connectivity index is 1.51. The summed E-state index contributed by atoms with van der Waals surface area (Å²) < 4.78 is 66.5. The summed E-state index contributed by atoms with van der Waals surface area (Å²) in [4.78, 5) is 0.200. The fourth-order valence-electron chi connectivity index (χ4n) is 3.65. The molecule has 10 heteroatoms. The molecule has 2 aliphatic heterocycles. The van der Waals surface area contributed by atoms with Crippen molar-refractivity contribution < 1.29 is 26.3 Å². The Hall–Kier alpha value is -2.30. The van der Waals surface area contributed by atoms with Crippen LogP contribution in [0.25, 0.3) is 0 Å². The highest BCUT2D eigenvalue weighted by molar-refractivity contribution is 7.92. The van der Waals surface area contributed by atoms with E-state index in [2.05, 4.69) is 4.72 Å². The second kappa shape index (κ2) is 9.05. The first-order valence-corrected chi connectivity index (χ1v) is 13.3. The van der Waals surface area contributed by atoms with Crippen molar-refractivity contribution in [1.82, 2.24) is 4.31 Å². The SMILES string of the molecule is O=S(=O)(Nc1ccc(S(=O)(=O)N2CCCCCC2)cc1)c1ccc2c(c1)OCCCO2. The molecule has 2 heterocycles. The third kappa shape index (κ3) is 4.97. The minimum atomic E-state index is -3.88. The van der Waals surface area contributed by atoms with Gasteiger partial charge in [0, 0.05) is 31.3 Å². The van der Waals surface area contributed by atoms with Crippen LogP contribution in [0.3, 0.4) is 0 Å². The summed E-state index contributed by atoms with van der Waals surface area (Å²) in [7, 11) is -7.46. The second-order valence-electron chi connectivity index (χ2n) is 7.61. The van der Waals surface area contributed by atoms with Crippen LogP contribution in [-0.2, 0) is 20.0 Å². The van der Waals surface area contributed by atoms with Crippen LogP contribution in [0.1, 0.15) is 32.1 Å². The summed E-state index contributed by atoms with van der Waals surface area (Å²) in [6.07, 6.45) is 4.50. The fraction of sp³-hybridized carbons (Fsp3) is 0.429. The van der Waals surface area contributed by atoms with Crippen molar-refractivity contribution >= 4 is 25.7 Å². The predicted octanol–water partition coefficient (Wildman–Crippen LogP) is 3.21. The molecule has 0 aliphatic carbocycles. The van der Waals surface area contributed by atoms with Gasteiger partial charge in [0.1, 0.15) is 0 Å². The third-order valence-electron chi connectivity index (χ3n) is 5.34. The zero-order valence-corrected chi connectivity index (χ0v) is 18.8. The van der Waals surface area contributed by atoms with Crippen molar-refractivity contribution in [2.24, 2.45) is 0 Å². The van der Waals surface area contributed by atoms with Gasteiger partial charge in [0.05, 0.1) is 23.0 Å². The van der Waals surface area contributed by atoms with Gasteiger partial charge >= 0.3 is 0 Å². The molecule has 0 unspecified atom stereocenters. The highest BCUT2D eigenvalue weighted by Gasteiger charge is 2.25. The lowest BCUT2D eigenvalue weighted by Gasteiger charge is -2.20. The van der Waals surface area contributed by atoms with E-state index in [4.69, 9.17) is 9.47 Å². The van der Waals surface area contributed by atoms with Gasteiger partial charge in [0.25, 0.3) is 10.0 Å². The average molecular weight is 467 g/mol. The van der Waals surface area contributed by atoms with Gasteiger partial charge in [-0.15, -0.1) is 0 Å². The van der Waals surface area contributed by atoms with Crippen LogP contribution in [0.4, 0.5) is 5.69 Å². The Labute approximate surface area is 183 Å². The molecule has 0 radical (unpaired) electrons. The predicted molar refractivity (Wildman–Crippen MR) is 117 cm³/mol. The second-order valence-corrected chi connectivity index (χ2v) is 11.2. The number of hydrogen-bond acceptors (Lipinski definition) is 6. The maximum atomic E-state index is 12.9. The largest absolute Gasteiger partial charge is 0.490 e. The molecule has 2 aliphatic rings. The summed E-state index contributed by atoms with van der Waals surface area (Å²) >= 11 is 0. The number of anilines is 1. The molecule has 8 nitrogen and oxygen atoms in total. The fourth-order valence-corrected chi connectivity index (χ4v) is 6.24. The molecule has 168 valence electrons. The van der Waals surface area contributed by atoms with Crippen LogP contribution in [0.5, 0.6) is 11.5 Å². The molecule has 2 aromatic rings. The van der Waals surface area contributed by atoms with Crippen LogP contribution >= 0.6 is 0 Å².